The lowest BCUT2D eigenvalue weighted by molar-refractivity contribution is -0.136. The average Bonchev–Trinajstić information content (AvgIpc) is 2.74. The van der Waals surface area contributed by atoms with Crippen LogP contribution in [0.1, 0.15) is 26.7 Å². The number of urea groups is 1. The van der Waals surface area contributed by atoms with Gasteiger partial charge in [0.15, 0.2) is 0 Å². The van der Waals surface area contributed by atoms with E-state index in [1.165, 1.54) is 0 Å². The van der Waals surface area contributed by atoms with E-state index < -0.39 is 5.97 Å². The summed E-state index contributed by atoms with van der Waals surface area (Å²) in [6.45, 7) is 5.68. The van der Waals surface area contributed by atoms with Crippen LogP contribution in [0.25, 0.3) is 0 Å². The van der Waals surface area contributed by atoms with Gasteiger partial charge in [0.2, 0.25) is 0 Å². The van der Waals surface area contributed by atoms with E-state index in [0.717, 1.165) is 13.0 Å². The summed E-state index contributed by atoms with van der Waals surface area (Å²) in [4.78, 5) is 21.7. The first-order valence-corrected chi connectivity index (χ1v) is 6.35. The third-order valence-corrected chi connectivity index (χ3v) is 3.07. The zero-order chi connectivity index (χ0) is 13.5. The van der Waals surface area contributed by atoms with Gasteiger partial charge >= 0.3 is 12.0 Å². The number of aliphatic carboxylic acids is 1. The van der Waals surface area contributed by atoms with Crippen LogP contribution in [-0.2, 0) is 9.53 Å². The minimum atomic E-state index is -0.917. The molecule has 0 bridgehead atoms. The topological polar surface area (TPSA) is 87.7 Å². The molecule has 6 heteroatoms. The lowest BCUT2D eigenvalue weighted by Gasteiger charge is -2.22. The zero-order valence-electron chi connectivity index (χ0n) is 10.9. The number of hydrogen-bond acceptors (Lipinski definition) is 3. The van der Waals surface area contributed by atoms with Gasteiger partial charge in [0.25, 0.3) is 0 Å². The fraction of sp³-hybridized carbons (Fsp3) is 0.833. The molecule has 1 fully saturated rings. The van der Waals surface area contributed by atoms with Crippen LogP contribution in [0.2, 0.25) is 0 Å². The van der Waals surface area contributed by atoms with Gasteiger partial charge in [-0.3, -0.25) is 4.79 Å². The van der Waals surface area contributed by atoms with E-state index in [9.17, 15) is 9.59 Å². The smallest absolute Gasteiger partial charge is 0.314 e. The molecule has 0 aromatic carbocycles. The lowest BCUT2D eigenvalue weighted by Crippen LogP contribution is -2.41. The highest BCUT2D eigenvalue weighted by molar-refractivity contribution is 5.74. The molecule has 0 radical (unpaired) electrons. The number of hydrogen-bond donors (Lipinski definition) is 3. The molecule has 0 aliphatic carbocycles. The van der Waals surface area contributed by atoms with Gasteiger partial charge in [-0.25, -0.2) is 4.79 Å². The quantitative estimate of drug-likeness (QED) is 0.658. The van der Waals surface area contributed by atoms with Gasteiger partial charge in [0.05, 0.1) is 12.5 Å². The number of carboxylic acids is 1. The predicted octanol–water partition coefficient (Wildman–Crippen LogP) is 0.821. The second kappa shape index (κ2) is 7.20. The van der Waals surface area contributed by atoms with E-state index in [2.05, 4.69) is 24.5 Å². The predicted molar refractivity (Wildman–Crippen MR) is 66.3 cm³/mol. The first-order valence-electron chi connectivity index (χ1n) is 6.35. The van der Waals surface area contributed by atoms with E-state index in [1.807, 2.05) is 0 Å². The largest absolute Gasteiger partial charge is 0.481 e. The molecule has 0 aromatic heterocycles. The molecule has 1 aliphatic rings. The normalized spacial score (nSPS) is 23.1. The van der Waals surface area contributed by atoms with Crippen molar-refractivity contribution in [1.82, 2.24) is 10.6 Å². The molecule has 0 saturated carbocycles. The summed E-state index contributed by atoms with van der Waals surface area (Å²) >= 11 is 0. The third kappa shape index (κ3) is 4.91. The summed E-state index contributed by atoms with van der Waals surface area (Å²) in [5.74, 6) is -0.135. The van der Waals surface area contributed by atoms with Crippen molar-refractivity contribution in [1.29, 1.82) is 0 Å². The Morgan fingerprint density at radius 1 is 1.39 bits per heavy atom. The molecular weight excluding hydrogens is 236 g/mol. The summed E-state index contributed by atoms with van der Waals surface area (Å²) in [5, 5.41) is 13.7. The fourth-order valence-corrected chi connectivity index (χ4v) is 2.18. The number of carbonyl (C=O) groups is 2. The molecule has 0 spiro atoms. The molecule has 0 aromatic rings. The van der Waals surface area contributed by atoms with Gasteiger partial charge in [-0.1, -0.05) is 13.8 Å². The zero-order valence-corrected chi connectivity index (χ0v) is 10.9. The number of carboxylic acid groups (broad SMARTS) is 1. The van der Waals surface area contributed by atoms with Gasteiger partial charge in [-0.15, -0.1) is 0 Å². The van der Waals surface area contributed by atoms with Crippen molar-refractivity contribution in [3.8, 4) is 0 Å². The van der Waals surface area contributed by atoms with E-state index in [1.54, 1.807) is 0 Å². The second-order valence-corrected chi connectivity index (χ2v) is 4.91. The highest BCUT2D eigenvalue weighted by atomic mass is 16.5. The maximum absolute atomic E-state index is 11.4. The Bertz CT molecular complexity index is 294. The van der Waals surface area contributed by atoms with Crippen molar-refractivity contribution in [3.63, 3.8) is 0 Å². The van der Waals surface area contributed by atoms with Crippen molar-refractivity contribution in [2.45, 2.75) is 32.8 Å². The minimum absolute atomic E-state index is 0.0609. The Morgan fingerprint density at radius 3 is 2.72 bits per heavy atom. The monoisotopic (exact) mass is 258 g/mol. The van der Waals surface area contributed by atoms with Crippen molar-refractivity contribution in [3.05, 3.63) is 0 Å². The Kier molecular flexibility index (Phi) is 5.91. The van der Waals surface area contributed by atoms with Crippen LogP contribution in [0.3, 0.4) is 0 Å². The maximum Gasteiger partial charge on any atom is 0.314 e. The van der Waals surface area contributed by atoms with Crippen LogP contribution < -0.4 is 10.6 Å². The van der Waals surface area contributed by atoms with E-state index >= 15 is 0 Å². The Morgan fingerprint density at radius 2 is 2.11 bits per heavy atom. The molecule has 1 aliphatic heterocycles. The third-order valence-electron chi connectivity index (χ3n) is 3.07. The van der Waals surface area contributed by atoms with Crippen molar-refractivity contribution < 1.29 is 19.4 Å². The van der Waals surface area contributed by atoms with Gasteiger partial charge in [0.1, 0.15) is 0 Å². The molecule has 104 valence electrons. The van der Waals surface area contributed by atoms with E-state index in [0.29, 0.717) is 18.4 Å². The highest BCUT2D eigenvalue weighted by Gasteiger charge is 2.30. The van der Waals surface area contributed by atoms with Gasteiger partial charge in [0, 0.05) is 25.6 Å². The standard InChI is InChI=1S/C12H22N2O4/c1-8(2)11-9(4-6-18-11)7-14-12(17)13-5-3-10(15)16/h8-9,11H,3-7H2,1-2H3,(H,15,16)(H2,13,14,17)/t9-,11-/m1/s1. The minimum Gasteiger partial charge on any atom is -0.481 e. The number of ether oxygens (including phenoxy) is 1. The van der Waals surface area contributed by atoms with Gasteiger partial charge < -0.3 is 20.5 Å². The molecule has 2 amide bonds. The molecule has 6 nitrogen and oxygen atoms in total. The van der Waals surface area contributed by atoms with Crippen molar-refractivity contribution >= 4 is 12.0 Å². The molecule has 18 heavy (non-hydrogen) atoms. The number of rotatable bonds is 6. The molecule has 3 N–H and O–H groups in total. The maximum atomic E-state index is 11.4. The number of nitrogens with one attached hydrogen (secondary N) is 2. The van der Waals surface area contributed by atoms with Gasteiger partial charge in [-0.05, 0) is 12.3 Å². The van der Waals surface area contributed by atoms with Crippen LogP contribution in [0.4, 0.5) is 4.79 Å². The summed E-state index contributed by atoms with van der Waals surface area (Å²) in [6.07, 6.45) is 1.09. The van der Waals surface area contributed by atoms with E-state index in [4.69, 9.17) is 9.84 Å². The SMILES string of the molecule is CC(C)[C@H]1OCC[C@@H]1CNC(=O)NCCC(=O)O. The molecule has 1 heterocycles. The summed E-state index contributed by atoms with van der Waals surface area (Å²) < 4.78 is 5.62. The van der Waals surface area contributed by atoms with E-state index in [-0.39, 0.29) is 25.1 Å². The molecule has 0 unspecified atom stereocenters. The first kappa shape index (κ1) is 14.8. The van der Waals surface area contributed by atoms with Gasteiger partial charge in [-0.2, -0.15) is 0 Å². The fourth-order valence-electron chi connectivity index (χ4n) is 2.18. The molecule has 1 saturated heterocycles. The summed E-state index contributed by atoms with van der Waals surface area (Å²) in [7, 11) is 0. The van der Waals surface area contributed by atoms with Crippen LogP contribution in [0.5, 0.6) is 0 Å². The Hall–Kier alpha value is -1.30. The van der Waals surface area contributed by atoms with Crippen LogP contribution >= 0.6 is 0 Å². The highest BCUT2D eigenvalue weighted by Crippen LogP contribution is 2.25. The lowest BCUT2D eigenvalue weighted by atomic mass is 9.93. The Balaban J connectivity index is 2.19. The molecule has 2 atom stereocenters. The van der Waals surface area contributed by atoms with Crippen LogP contribution in [0, 0.1) is 11.8 Å². The molecule has 1 rings (SSSR count). The Labute approximate surface area is 107 Å². The number of carbonyl (C=O) groups excluding carboxylic acids is 1. The average molecular weight is 258 g/mol. The van der Waals surface area contributed by atoms with Crippen molar-refractivity contribution in [2.24, 2.45) is 11.8 Å². The van der Waals surface area contributed by atoms with Crippen molar-refractivity contribution in [2.75, 3.05) is 19.7 Å². The first-order chi connectivity index (χ1) is 8.50. The summed E-state index contributed by atoms with van der Waals surface area (Å²) in [6, 6.07) is -0.314. The molecular formula is C12H22N2O4. The van der Waals surface area contributed by atoms with Crippen LogP contribution in [0.15, 0.2) is 0 Å². The summed E-state index contributed by atoms with van der Waals surface area (Å²) in [5.41, 5.74) is 0. The van der Waals surface area contributed by atoms with Crippen LogP contribution in [-0.4, -0.2) is 42.9 Å². The second-order valence-electron chi connectivity index (χ2n) is 4.91. The number of amides is 2.